The average Bonchev–Trinajstić information content (AvgIpc) is 3.07. The lowest BCUT2D eigenvalue weighted by Gasteiger charge is -2.12. The van der Waals surface area contributed by atoms with Gasteiger partial charge in [-0.2, -0.15) is 5.10 Å². The molecular weight excluding hydrogens is 412 g/mol. The Morgan fingerprint density at radius 1 is 1.16 bits per heavy atom. The van der Waals surface area contributed by atoms with E-state index in [1.165, 1.54) is 4.68 Å². The second-order valence-corrected chi connectivity index (χ2v) is 7.25. The number of fused-ring (bicyclic) bond motifs is 1. The maximum atomic E-state index is 12.8. The van der Waals surface area contributed by atoms with Crippen LogP contribution in [0.1, 0.15) is 5.82 Å². The summed E-state index contributed by atoms with van der Waals surface area (Å²) in [7, 11) is 0. The largest absolute Gasteiger partial charge is 0.296 e. The summed E-state index contributed by atoms with van der Waals surface area (Å²) in [5, 5.41) is 4.96. The summed E-state index contributed by atoms with van der Waals surface area (Å²) < 4.78 is 4.77. The van der Waals surface area contributed by atoms with E-state index in [4.69, 9.17) is 12.2 Å². The number of aromatic nitrogens is 5. The molecule has 0 unspecified atom stereocenters. The standard InChI is InChI=1S/C22H20N6O2S/c1-3-13-26-20(16-9-5-4-6-10-16)25-27(22(26)31)14-19(29)24-28-15(2)23-18-12-8-7-11-17(18)21(28)30/h3-12H,1,13-14H2,2H3,(H,24,29). The first-order chi connectivity index (χ1) is 15.0. The van der Waals surface area contributed by atoms with Crippen molar-refractivity contribution in [3.05, 3.63) is 88.2 Å². The molecule has 0 bridgehead atoms. The molecule has 0 aliphatic carbocycles. The number of rotatable bonds is 6. The first kappa shape index (κ1) is 20.4. The third-order valence-corrected chi connectivity index (χ3v) is 5.17. The smallest absolute Gasteiger partial charge is 0.280 e. The molecule has 0 fully saturated rings. The number of amides is 1. The number of aryl methyl sites for hydroxylation is 1. The van der Waals surface area contributed by atoms with E-state index < -0.39 is 5.91 Å². The van der Waals surface area contributed by atoms with Crippen LogP contribution in [0, 0.1) is 11.7 Å². The van der Waals surface area contributed by atoms with Gasteiger partial charge in [0.2, 0.25) is 0 Å². The number of allylic oxidation sites excluding steroid dienone is 1. The van der Waals surface area contributed by atoms with E-state index >= 15 is 0 Å². The number of hydrogen-bond acceptors (Lipinski definition) is 5. The maximum Gasteiger partial charge on any atom is 0.280 e. The van der Waals surface area contributed by atoms with Gasteiger partial charge in [0.05, 0.1) is 10.9 Å². The second kappa shape index (κ2) is 8.49. The summed E-state index contributed by atoms with van der Waals surface area (Å²) >= 11 is 5.53. The van der Waals surface area contributed by atoms with Crippen LogP contribution in [0.25, 0.3) is 22.3 Å². The Balaban J connectivity index is 1.66. The van der Waals surface area contributed by atoms with Gasteiger partial charge in [0.15, 0.2) is 10.6 Å². The second-order valence-electron chi connectivity index (χ2n) is 6.88. The van der Waals surface area contributed by atoms with E-state index in [9.17, 15) is 9.59 Å². The summed E-state index contributed by atoms with van der Waals surface area (Å²) in [6.45, 7) is 5.74. The zero-order valence-corrected chi connectivity index (χ0v) is 17.7. The Morgan fingerprint density at radius 2 is 1.87 bits per heavy atom. The molecule has 0 atom stereocenters. The van der Waals surface area contributed by atoms with Gasteiger partial charge >= 0.3 is 0 Å². The molecule has 156 valence electrons. The van der Waals surface area contributed by atoms with Crippen molar-refractivity contribution in [2.24, 2.45) is 0 Å². The molecule has 0 aliphatic heterocycles. The van der Waals surface area contributed by atoms with Crippen molar-refractivity contribution >= 4 is 29.0 Å². The zero-order valence-electron chi connectivity index (χ0n) is 16.9. The van der Waals surface area contributed by atoms with Crippen molar-refractivity contribution in [2.75, 3.05) is 5.43 Å². The van der Waals surface area contributed by atoms with E-state index in [1.54, 1.807) is 35.8 Å². The average molecular weight is 433 g/mol. The van der Waals surface area contributed by atoms with Crippen molar-refractivity contribution in [1.82, 2.24) is 24.0 Å². The highest BCUT2D eigenvalue weighted by molar-refractivity contribution is 7.71. The van der Waals surface area contributed by atoms with Crippen LogP contribution < -0.4 is 11.0 Å². The highest BCUT2D eigenvalue weighted by Crippen LogP contribution is 2.18. The number of benzene rings is 2. The quantitative estimate of drug-likeness (QED) is 0.374. The van der Waals surface area contributed by atoms with E-state index in [-0.39, 0.29) is 12.1 Å². The van der Waals surface area contributed by atoms with Crippen molar-refractivity contribution in [1.29, 1.82) is 0 Å². The Labute approximate surface area is 183 Å². The van der Waals surface area contributed by atoms with Crippen LogP contribution in [0.15, 0.2) is 72.0 Å². The number of nitrogens with one attached hydrogen (secondary N) is 1. The minimum absolute atomic E-state index is 0.151. The molecule has 0 saturated heterocycles. The van der Waals surface area contributed by atoms with E-state index in [2.05, 4.69) is 22.1 Å². The van der Waals surface area contributed by atoms with Gasteiger partial charge in [-0.05, 0) is 31.3 Å². The van der Waals surface area contributed by atoms with Gasteiger partial charge in [0, 0.05) is 12.1 Å². The van der Waals surface area contributed by atoms with Gasteiger partial charge in [-0.15, -0.1) is 6.58 Å². The van der Waals surface area contributed by atoms with Gasteiger partial charge in [-0.1, -0.05) is 48.5 Å². The first-order valence-electron chi connectivity index (χ1n) is 9.62. The summed E-state index contributed by atoms with van der Waals surface area (Å²) in [5.74, 6) is 0.572. The van der Waals surface area contributed by atoms with E-state index in [0.29, 0.717) is 33.9 Å². The van der Waals surface area contributed by atoms with Gasteiger partial charge in [0.1, 0.15) is 12.4 Å². The molecule has 0 spiro atoms. The zero-order chi connectivity index (χ0) is 22.0. The molecule has 1 amide bonds. The molecule has 0 saturated carbocycles. The Kier molecular flexibility index (Phi) is 5.59. The van der Waals surface area contributed by atoms with Gasteiger partial charge in [-0.3, -0.25) is 19.6 Å². The Bertz CT molecular complexity index is 1400. The SMILES string of the molecule is C=CCn1c(-c2ccccc2)nn(CC(=O)Nn2c(C)nc3ccccc3c2=O)c1=S. The normalized spacial score (nSPS) is 10.9. The molecule has 0 aliphatic rings. The van der Waals surface area contributed by atoms with Crippen LogP contribution in [-0.4, -0.2) is 29.9 Å². The molecule has 2 aromatic carbocycles. The molecule has 0 radical (unpaired) electrons. The summed E-state index contributed by atoms with van der Waals surface area (Å²) in [5.41, 5.74) is 3.72. The highest BCUT2D eigenvalue weighted by Gasteiger charge is 2.16. The van der Waals surface area contributed by atoms with Crippen molar-refractivity contribution in [3.63, 3.8) is 0 Å². The number of carbonyl (C=O) groups excluding carboxylic acids is 1. The minimum atomic E-state index is -0.443. The summed E-state index contributed by atoms with van der Waals surface area (Å²) in [4.78, 5) is 29.9. The first-order valence-corrected chi connectivity index (χ1v) is 10.0. The molecule has 1 N–H and O–H groups in total. The van der Waals surface area contributed by atoms with Crippen LogP contribution in [0.4, 0.5) is 0 Å². The molecule has 2 aromatic heterocycles. The maximum absolute atomic E-state index is 12.8. The molecule has 4 aromatic rings. The molecule has 9 heteroatoms. The fraction of sp³-hybridized carbons (Fsp3) is 0.136. The van der Waals surface area contributed by atoms with Gasteiger partial charge in [0.25, 0.3) is 11.5 Å². The molecule has 4 rings (SSSR count). The lowest BCUT2D eigenvalue weighted by atomic mass is 10.2. The van der Waals surface area contributed by atoms with Crippen LogP contribution >= 0.6 is 12.2 Å². The van der Waals surface area contributed by atoms with Gasteiger partial charge in [-0.25, -0.2) is 14.3 Å². The fourth-order valence-electron chi connectivity index (χ4n) is 3.31. The predicted octanol–water partition coefficient (Wildman–Crippen LogP) is 3.06. The summed E-state index contributed by atoms with van der Waals surface area (Å²) in [6, 6.07) is 16.6. The number of carbonyl (C=O) groups is 1. The van der Waals surface area contributed by atoms with Gasteiger partial charge < -0.3 is 0 Å². The van der Waals surface area contributed by atoms with Crippen molar-refractivity contribution < 1.29 is 4.79 Å². The van der Waals surface area contributed by atoms with E-state index in [1.807, 2.05) is 36.4 Å². The number of nitrogens with zero attached hydrogens (tertiary/aromatic N) is 5. The molecule has 2 heterocycles. The third kappa shape index (κ3) is 3.95. The highest BCUT2D eigenvalue weighted by atomic mass is 32.1. The Morgan fingerprint density at radius 3 is 2.61 bits per heavy atom. The molecule has 8 nitrogen and oxygen atoms in total. The number of para-hydroxylation sites is 1. The van der Waals surface area contributed by atoms with Crippen molar-refractivity contribution in [2.45, 2.75) is 20.0 Å². The predicted molar refractivity (Wildman–Crippen MR) is 122 cm³/mol. The fourth-order valence-corrected chi connectivity index (χ4v) is 3.58. The van der Waals surface area contributed by atoms with Crippen LogP contribution in [-0.2, 0) is 17.9 Å². The monoisotopic (exact) mass is 432 g/mol. The minimum Gasteiger partial charge on any atom is -0.296 e. The lowest BCUT2D eigenvalue weighted by molar-refractivity contribution is -0.117. The van der Waals surface area contributed by atoms with Crippen LogP contribution in [0.3, 0.4) is 0 Å². The Hall–Kier alpha value is -3.85. The lowest BCUT2D eigenvalue weighted by Crippen LogP contribution is -2.37. The third-order valence-electron chi connectivity index (χ3n) is 4.74. The molecular formula is C22H20N6O2S. The van der Waals surface area contributed by atoms with Crippen molar-refractivity contribution in [3.8, 4) is 11.4 Å². The topological polar surface area (TPSA) is 86.7 Å². The van der Waals surface area contributed by atoms with E-state index in [0.717, 1.165) is 10.2 Å². The van der Waals surface area contributed by atoms with Crippen LogP contribution in [0.2, 0.25) is 0 Å². The van der Waals surface area contributed by atoms with Crippen LogP contribution in [0.5, 0.6) is 0 Å². The molecule has 31 heavy (non-hydrogen) atoms. The summed E-state index contributed by atoms with van der Waals surface area (Å²) in [6.07, 6.45) is 1.72. The number of hydrogen-bond donors (Lipinski definition) is 1.